The molecule has 0 fully saturated rings. The standard InChI is InChI=1S/C21H29N3O/c1-5-24(6-2)19-13-12-18(21(25)14-19)15-22-16-20(23(3)4)17-10-8-7-9-11-17/h7-15,20,25H,5-6,16H2,1-4H3/p+1/t20-/m1/s1. The lowest BCUT2D eigenvalue weighted by Crippen LogP contribution is -3.06. The smallest absolute Gasteiger partial charge is 0.132 e. The molecule has 25 heavy (non-hydrogen) atoms. The number of anilines is 1. The second kappa shape index (κ2) is 9.23. The van der Waals surface area contributed by atoms with Crippen LogP contribution >= 0.6 is 0 Å². The Morgan fingerprint density at radius 2 is 1.76 bits per heavy atom. The Balaban J connectivity index is 2.10. The number of likely N-dealkylation sites (N-methyl/N-ethyl adjacent to an activating group) is 1. The molecule has 2 rings (SSSR count). The SMILES string of the molecule is CCN(CC)c1ccc(C=NC[C@H](c2ccccc2)[NH+](C)C)c(O)c1. The third-order valence-electron chi connectivity index (χ3n) is 4.56. The third-order valence-corrected chi connectivity index (χ3v) is 4.56. The van der Waals surface area contributed by atoms with Crippen molar-refractivity contribution in [1.82, 2.24) is 0 Å². The van der Waals surface area contributed by atoms with Gasteiger partial charge in [0.15, 0.2) is 0 Å². The van der Waals surface area contributed by atoms with Crippen molar-refractivity contribution in [2.24, 2.45) is 4.99 Å². The van der Waals surface area contributed by atoms with Crippen LogP contribution in [0.4, 0.5) is 5.69 Å². The number of benzene rings is 2. The van der Waals surface area contributed by atoms with Crippen molar-refractivity contribution < 1.29 is 10.0 Å². The summed E-state index contributed by atoms with van der Waals surface area (Å²) in [6.07, 6.45) is 1.78. The van der Waals surface area contributed by atoms with Crippen molar-refractivity contribution in [1.29, 1.82) is 0 Å². The van der Waals surface area contributed by atoms with E-state index in [0.29, 0.717) is 12.6 Å². The van der Waals surface area contributed by atoms with Crippen LogP contribution in [0.3, 0.4) is 0 Å². The molecule has 0 amide bonds. The van der Waals surface area contributed by atoms with E-state index < -0.39 is 0 Å². The van der Waals surface area contributed by atoms with E-state index in [1.807, 2.05) is 24.3 Å². The zero-order chi connectivity index (χ0) is 18.2. The summed E-state index contributed by atoms with van der Waals surface area (Å²) in [5, 5.41) is 10.3. The number of quaternary nitrogens is 1. The van der Waals surface area contributed by atoms with Gasteiger partial charge in [-0.05, 0) is 26.0 Å². The lowest BCUT2D eigenvalue weighted by molar-refractivity contribution is -0.890. The number of aliphatic imine (C=N–C) groups is 1. The predicted octanol–water partition coefficient (Wildman–Crippen LogP) is 2.54. The van der Waals surface area contributed by atoms with E-state index in [-0.39, 0.29) is 5.75 Å². The summed E-state index contributed by atoms with van der Waals surface area (Å²) in [6, 6.07) is 16.5. The topological polar surface area (TPSA) is 40.3 Å². The van der Waals surface area contributed by atoms with E-state index in [1.165, 1.54) is 10.5 Å². The third kappa shape index (κ3) is 5.07. The molecule has 0 aliphatic heterocycles. The predicted molar refractivity (Wildman–Crippen MR) is 106 cm³/mol. The second-order valence-corrected chi connectivity index (χ2v) is 6.45. The summed E-state index contributed by atoms with van der Waals surface area (Å²) in [4.78, 5) is 8.14. The minimum Gasteiger partial charge on any atom is -0.507 e. The zero-order valence-electron chi connectivity index (χ0n) is 15.7. The molecule has 0 saturated carbocycles. The van der Waals surface area contributed by atoms with Gasteiger partial charge in [0.1, 0.15) is 11.8 Å². The highest BCUT2D eigenvalue weighted by molar-refractivity contribution is 5.84. The minimum absolute atomic E-state index is 0.279. The molecule has 0 spiro atoms. The van der Waals surface area contributed by atoms with Crippen molar-refractivity contribution in [2.75, 3.05) is 38.6 Å². The molecule has 0 aliphatic rings. The highest BCUT2D eigenvalue weighted by Crippen LogP contribution is 2.23. The maximum absolute atomic E-state index is 10.3. The summed E-state index contributed by atoms with van der Waals surface area (Å²) in [5.74, 6) is 0.279. The highest BCUT2D eigenvalue weighted by Gasteiger charge is 2.16. The van der Waals surface area contributed by atoms with Crippen molar-refractivity contribution in [2.45, 2.75) is 19.9 Å². The molecule has 0 saturated heterocycles. The molecule has 2 aromatic rings. The molecule has 0 unspecified atom stereocenters. The van der Waals surface area contributed by atoms with Crippen LogP contribution in [-0.4, -0.2) is 45.1 Å². The van der Waals surface area contributed by atoms with Gasteiger partial charge in [-0.2, -0.15) is 0 Å². The maximum atomic E-state index is 10.3. The molecular weight excluding hydrogens is 310 g/mol. The van der Waals surface area contributed by atoms with Gasteiger partial charge in [-0.3, -0.25) is 4.99 Å². The van der Waals surface area contributed by atoms with Gasteiger partial charge in [-0.1, -0.05) is 30.3 Å². The monoisotopic (exact) mass is 340 g/mol. The second-order valence-electron chi connectivity index (χ2n) is 6.45. The number of nitrogens with one attached hydrogen (secondary N) is 1. The number of nitrogens with zero attached hydrogens (tertiary/aromatic N) is 2. The minimum atomic E-state index is 0.279. The van der Waals surface area contributed by atoms with Crippen LogP contribution in [0.1, 0.15) is 31.0 Å². The Labute approximate surface area is 151 Å². The Kier molecular flexibility index (Phi) is 7.02. The highest BCUT2D eigenvalue weighted by atomic mass is 16.3. The van der Waals surface area contributed by atoms with E-state index in [0.717, 1.165) is 24.3 Å². The Bertz CT molecular complexity index is 679. The molecule has 2 N–H and O–H groups in total. The van der Waals surface area contributed by atoms with Gasteiger partial charge in [0.05, 0.1) is 20.6 Å². The van der Waals surface area contributed by atoms with Crippen molar-refractivity contribution in [3.8, 4) is 5.75 Å². The van der Waals surface area contributed by atoms with Crippen LogP contribution in [0.15, 0.2) is 53.5 Å². The number of hydrogen-bond acceptors (Lipinski definition) is 3. The van der Waals surface area contributed by atoms with Crippen LogP contribution in [0.2, 0.25) is 0 Å². The van der Waals surface area contributed by atoms with E-state index in [4.69, 9.17) is 0 Å². The first-order valence-corrected chi connectivity index (χ1v) is 8.99. The molecule has 1 atom stereocenters. The average Bonchev–Trinajstić information content (AvgIpc) is 2.61. The molecule has 0 aromatic heterocycles. The molecule has 0 bridgehead atoms. The van der Waals surface area contributed by atoms with Crippen molar-refractivity contribution in [3.05, 3.63) is 59.7 Å². The average molecular weight is 340 g/mol. The maximum Gasteiger partial charge on any atom is 0.132 e. The lowest BCUT2D eigenvalue weighted by atomic mass is 10.1. The summed E-state index contributed by atoms with van der Waals surface area (Å²) in [5.41, 5.74) is 3.08. The van der Waals surface area contributed by atoms with E-state index in [1.54, 1.807) is 6.21 Å². The van der Waals surface area contributed by atoms with Crippen molar-refractivity contribution in [3.63, 3.8) is 0 Å². The van der Waals surface area contributed by atoms with Crippen LogP contribution in [0.5, 0.6) is 5.75 Å². The van der Waals surface area contributed by atoms with Gasteiger partial charge in [-0.15, -0.1) is 0 Å². The summed E-state index contributed by atoms with van der Waals surface area (Å²) < 4.78 is 0. The number of phenolic OH excluding ortho intramolecular Hbond substituents is 1. The molecule has 2 aromatic carbocycles. The Morgan fingerprint density at radius 1 is 1.08 bits per heavy atom. The van der Waals surface area contributed by atoms with Gasteiger partial charge >= 0.3 is 0 Å². The zero-order valence-corrected chi connectivity index (χ0v) is 15.7. The summed E-state index contributed by atoms with van der Waals surface area (Å²) in [7, 11) is 4.28. The number of hydrogen-bond donors (Lipinski definition) is 2. The molecule has 0 radical (unpaired) electrons. The quantitative estimate of drug-likeness (QED) is 0.725. The van der Waals surface area contributed by atoms with Crippen LogP contribution in [0, 0.1) is 0 Å². The fourth-order valence-electron chi connectivity index (χ4n) is 2.99. The van der Waals surface area contributed by atoms with E-state index in [2.05, 4.69) is 62.1 Å². The van der Waals surface area contributed by atoms with E-state index >= 15 is 0 Å². The summed E-state index contributed by atoms with van der Waals surface area (Å²) >= 11 is 0. The first-order chi connectivity index (χ1) is 12.1. The van der Waals surface area contributed by atoms with Crippen molar-refractivity contribution >= 4 is 11.9 Å². The summed E-state index contributed by atoms with van der Waals surface area (Å²) in [6.45, 7) is 6.76. The largest absolute Gasteiger partial charge is 0.507 e. The van der Waals surface area contributed by atoms with Gasteiger partial charge in [0, 0.05) is 42.2 Å². The molecule has 4 heteroatoms. The molecule has 4 nitrogen and oxygen atoms in total. The normalized spacial score (nSPS) is 12.7. The Morgan fingerprint density at radius 3 is 2.32 bits per heavy atom. The van der Waals surface area contributed by atoms with Gasteiger partial charge in [-0.25, -0.2) is 0 Å². The van der Waals surface area contributed by atoms with Gasteiger partial charge in [0.2, 0.25) is 0 Å². The first-order valence-electron chi connectivity index (χ1n) is 8.99. The number of aromatic hydroxyl groups is 1. The lowest BCUT2D eigenvalue weighted by Gasteiger charge is -2.21. The van der Waals surface area contributed by atoms with Gasteiger partial charge in [0.25, 0.3) is 0 Å². The van der Waals surface area contributed by atoms with E-state index in [9.17, 15) is 5.11 Å². The molecule has 0 heterocycles. The molecule has 134 valence electrons. The number of rotatable bonds is 8. The fraction of sp³-hybridized carbons (Fsp3) is 0.381. The van der Waals surface area contributed by atoms with Gasteiger partial charge < -0.3 is 14.9 Å². The molecular formula is C21H30N3O+. The number of phenols is 1. The molecule has 0 aliphatic carbocycles. The fourth-order valence-corrected chi connectivity index (χ4v) is 2.99. The van der Waals surface area contributed by atoms with Crippen LogP contribution < -0.4 is 9.80 Å². The van der Waals surface area contributed by atoms with Crippen LogP contribution in [-0.2, 0) is 0 Å². The Hall–Kier alpha value is -2.33. The first kappa shape index (κ1) is 19.0. The van der Waals surface area contributed by atoms with Crippen LogP contribution in [0.25, 0.3) is 0 Å².